The van der Waals surface area contributed by atoms with Gasteiger partial charge in [-0.1, -0.05) is 16.8 Å². The van der Waals surface area contributed by atoms with Gasteiger partial charge in [-0.15, -0.1) is 0 Å². The van der Waals surface area contributed by atoms with Crippen molar-refractivity contribution in [3.8, 4) is 0 Å². The number of nitrogens with two attached hydrogens (primary N) is 1. The molecule has 22 heavy (non-hydrogen) atoms. The van der Waals surface area contributed by atoms with Crippen molar-refractivity contribution in [3.63, 3.8) is 0 Å². The van der Waals surface area contributed by atoms with E-state index in [4.69, 9.17) is 27.3 Å². The Morgan fingerprint density at radius 2 is 2.27 bits per heavy atom. The molecule has 1 aliphatic heterocycles. The van der Waals surface area contributed by atoms with Crippen LogP contribution in [0.5, 0.6) is 0 Å². The Bertz CT molecular complexity index is 601. The summed E-state index contributed by atoms with van der Waals surface area (Å²) in [6, 6.07) is 1.34. The fraction of sp³-hybridized carbons (Fsp3) is 0.462. The number of hydrogen-bond donors (Lipinski definition) is 3. The average Bonchev–Trinajstić information content (AvgIpc) is 2.91. The molecule has 0 aliphatic carbocycles. The van der Waals surface area contributed by atoms with E-state index in [-0.39, 0.29) is 30.0 Å². The zero-order valence-corrected chi connectivity index (χ0v) is 12.7. The molecule has 120 valence electrons. The molecule has 1 saturated heterocycles. The van der Waals surface area contributed by atoms with E-state index in [0.717, 1.165) is 0 Å². The van der Waals surface area contributed by atoms with E-state index in [0.29, 0.717) is 17.9 Å². The smallest absolute Gasteiger partial charge is 0.407 e. The minimum absolute atomic E-state index is 0.0647. The predicted molar refractivity (Wildman–Crippen MR) is 79.8 cm³/mol. The highest BCUT2D eigenvalue weighted by Crippen LogP contribution is 2.22. The van der Waals surface area contributed by atoms with Crippen LogP contribution in [0.1, 0.15) is 30.3 Å². The van der Waals surface area contributed by atoms with Gasteiger partial charge >= 0.3 is 12.1 Å². The lowest BCUT2D eigenvalue weighted by molar-refractivity contribution is 0.0502. The summed E-state index contributed by atoms with van der Waals surface area (Å²) in [5.74, 6) is -0.884. The Hall–Kier alpha value is -2.22. The van der Waals surface area contributed by atoms with Gasteiger partial charge in [-0.05, 0) is 25.8 Å². The van der Waals surface area contributed by atoms with Crippen LogP contribution >= 0.6 is 11.6 Å². The zero-order valence-electron chi connectivity index (χ0n) is 12.0. The van der Waals surface area contributed by atoms with Crippen LogP contribution < -0.4 is 5.73 Å². The molecule has 2 heterocycles. The Balaban J connectivity index is 1.97. The first kappa shape index (κ1) is 16.2. The van der Waals surface area contributed by atoms with Crippen LogP contribution in [-0.2, 0) is 4.84 Å². The van der Waals surface area contributed by atoms with Gasteiger partial charge in [-0.25, -0.2) is 9.59 Å². The van der Waals surface area contributed by atoms with E-state index in [1.807, 2.05) is 6.92 Å². The highest BCUT2D eigenvalue weighted by molar-refractivity contribution is 6.30. The van der Waals surface area contributed by atoms with Gasteiger partial charge in [0.05, 0.1) is 5.02 Å². The molecule has 1 aromatic heterocycles. The molecule has 1 aliphatic rings. The molecule has 0 spiro atoms. The SMILES string of the molecule is C[C@@H]1CC[C@H](C(N)=NOC(=O)c2cc(Cl)c[nH]2)CN1C(=O)O. The van der Waals surface area contributed by atoms with Crippen LogP contribution in [0.25, 0.3) is 0 Å². The van der Waals surface area contributed by atoms with Crippen molar-refractivity contribution < 1.29 is 19.5 Å². The number of carboxylic acid groups (broad SMARTS) is 1. The highest BCUT2D eigenvalue weighted by atomic mass is 35.5. The molecule has 1 amide bonds. The van der Waals surface area contributed by atoms with Crippen molar-refractivity contribution >= 4 is 29.5 Å². The molecular formula is C13H17ClN4O4. The van der Waals surface area contributed by atoms with Crippen LogP contribution in [0.3, 0.4) is 0 Å². The fourth-order valence-electron chi connectivity index (χ4n) is 2.32. The molecule has 0 bridgehead atoms. The minimum Gasteiger partial charge on any atom is -0.465 e. The second-order valence-corrected chi connectivity index (χ2v) is 5.62. The maximum absolute atomic E-state index is 11.7. The summed E-state index contributed by atoms with van der Waals surface area (Å²) >= 11 is 5.69. The van der Waals surface area contributed by atoms with Crippen molar-refractivity contribution in [3.05, 3.63) is 23.0 Å². The minimum atomic E-state index is -0.997. The molecule has 1 aromatic rings. The number of rotatable bonds is 3. The third-order valence-electron chi connectivity index (χ3n) is 3.65. The van der Waals surface area contributed by atoms with Gasteiger partial charge in [0.1, 0.15) is 11.5 Å². The van der Waals surface area contributed by atoms with E-state index in [9.17, 15) is 9.59 Å². The summed E-state index contributed by atoms with van der Waals surface area (Å²) < 4.78 is 0. The lowest BCUT2D eigenvalue weighted by Gasteiger charge is -2.35. The summed E-state index contributed by atoms with van der Waals surface area (Å²) in [6.45, 7) is 2.07. The number of carbonyl (C=O) groups is 2. The maximum atomic E-state index is 11.7. The number of nitrogens with zero attached hydrogens (tertiary/aromatic N) is 2. The average molecular weight is 329 g/mol. The lowest BCUT2D eigenvalue weighted by Crippen LogP contribution is -2.48. The van der Waals surface area contributed by atoms with Gasteiger partial charge in [-0.3, -0.25) is 0 Å². The van der Waals surface area contributed by atoms with E-state index < -0.39 is 12.1 Å². The molecule has 9 heteroatoms. The van der Waals surface area contributed by atoms with Gasteiger partial charge in [0, 0.05) is 24.7 Å². The number of halogens is 1. The first-order chi connectivity index (χ1) is 10.4. The van der Waals surface area contributed by atoms with E-state index >= 15 is 0 Å². The number of oxime groups is 1. The van der Waals surface area contributed by atoms with Crippen LogP contribution in [0, 0.1) is 5.92 Å². The fourth-order valence-corrected chi connectivity index (χ4v) is 2.48. The summed E-state index contributed by atoms with van der Waals surface area (Å²) in [7, 11) is 0. The van der Waals surface area contributed by atoms with Gasteiger partial charge in [0.2, 0.25) is 0 Å². The Morgan fingerprint density at radius 3 is 2.86 bits per heavy atom. The second kappa shape index (κ2) is 6.69. The molecular weight excluding hydrogens is 312 g/mol. The van der Waals surface area contributed by atoms with Crippen LogP contribution in [-0.4, -0.2) is 45.5 Å². The summed E-state index contributed by atoms with van der Waals surface area (Å²) in [5.41, 5.74) is 5.96. The normalized spacial score (nSPS) is 22.5. The lowest BCUT2D eigenvalue weighted by atomic mass is 9.93. The summed E-state index contributed by atoms with van der Waals surface area (Å²) in [5, 5.41) is 13.1. The quantitative estimate of drug-likeness (QED) is 0.338. The van der Waals surface area contributed by atoms with Crippen LogP contribution in [0.2, 0.25) is 5.02 Å². The Kier molecular flexibility index (Phi) is 4.92. The second-order valence-electron chi connectivity index (χ2n) is 5.18. The number of aromatic amines is 1. The van der Waals surface area contributed by atoms with Crippen molar-refractivity contribution in [2.75, 3.05) is 6.54 Å². The van der Waals surface area contributed by atoms with Gasteiger partial charge in [0.15, 0.2) is 0 Å². The number of amidine groups is 1. The topological polar surface area (TPSA) is 121 Å². The summed E-state index contributed by atoms with van der Waals surface area (Å²) in [6.07, 6.45) is 1.81. The largest absolute Gasteiger partial charge is 0.465 e. The number of hydrogen-bond acceptors (Lipinski definition) is 4. The van der Waals surface area contributed by atoms with Gasteiger partial charge in [0.25, 0.3) is 0 Å². The van der Waals surface area contributed by atoms with Crippen molar-refractivity contribution in [1.82, 2.24) is 9.88 Å². The molecule has 0 radical (unpaired) electrons. The maximum Gasteiger partial charge on any atom is 0.407 e. The molecule has 0 saturated carbocycles. The molecule has 2 atom stereocenters. The van der Waals surface area contributed by atoms with Crippen molar-refractivity contribution in [1.29, 1.82) is 0 Å². The summed E-state index contributed by atoms with van der Waals surface area (Å²) in [4.78, 5) is 31.5. The number of piperidine rings is 1. The number of carbonyl (C=O) groups excluding carboxylic acids is 1. The van der Waals surface area contributed by atoms with Crippen molar-refractivity contribution in [2.24, 2.45) is 16.8 Å². The highest BCUT2D eigenvalue weighted by Gasteiger charge is 2.31. The molecule has 0 unspecified atom stereocenters. The van der Waals surface area contributed by atoms with Gasteiger partial charge < -0.3 is 25.6 Å². The third-order valence-corrected chi connectivity index (χ3v) is 3.87. The first-order valence-corrected chi connectivity index (χ1v) is 7.14. The van der Waals surface area contributed by atoms with E-state index in [1.165, 1.54) is 17.2 Å². The standard InChI is InChI=1S/C13H17ClN4O4/c1-7-2-3-8(6-18(7)13(20)21)11(15)17-22-12(19)10-4-9(14)5-16-10/h4-5,7-8,16H,2-3,6H2,1H3,(H2,15,17)(H,20,21)/t7-,8+/m1/s1. The molecule has 8 nitrogen and oxygen atoms in total. The molecule has 2 rings (SSSR count). The number of aromatic nitrogens is 1. The number of H-pyrrole nitrogens is 1. The zero-order chi connectivity index (χ0) is 16.3. The number of nitrogens with one attached hydrogen (secondary N) is 1. The van der Waals surface area contributed by atoms with E-state index in [1.54, 1.807) is 0 Å². The van der Waals surface area contributed by atoms with Gasteiger partial charge in [-0.2, -0.15) is 0 Å². The van der Waals surface area contributed by atoms with E-state index in [2.05, 4.69) is 10.1 Å². The third kappa shape index (κ3) is 3.70. The van der Waals surface area contributed by atoms with Crippen LogP contribution in [0.4, 0.5) is 4.79 Å². The monoisotopic (exact) mass is 328 g/mol. The molecule has 1 fully saturated rings. The van der Waals surface area contributed by atoms with Crippen molar-refractivity contribution in [2.45, 2.75) is 25.8 Å². The first-order valence-electron chi connectivity index (χ1n) is 6.76. The molecule has 4 N–H and O–H groups in total. The number of likely N-dealkylation sites (tertiary alicyclic amines) is 1. The number of amides is 1. The van der Waals surface area contributed by atoms with Crippen LogP contribution in [0.15, 0.2) is 17.4 Å². The predicted octanol–water partition coefficient (Wildman–Crippen LogP) is 1.88. The Labute approximate surface area is 131 Å². The molecule has 0 aromatic carbocycles. The Morgan fingerprint density at radius 1 is 1.55 bits per heavy atom.